The van der Waals surface area contributed by atoms with Crippen molar-refractivity contribution in [2.24, 2.45) is 5.92 Å². The standard InChI is InChI=1S/C10H14ClN3O/c1-14(6-7-4-8(11)5-7)10(15)9-2-3-12-13-9/h2-3,7-8H,4-6H2,1H3,(H,12,13). The number of alkyl halides is 1. The third-order valence-electron chi connectivity index (χ3n) is 2.79. The molecule has 1 saturated carbocycles. The van der Waals surface area contributed by atoms with Gasteiger partial charge in [-0.2, -0.15) is 5.10 Å². The lowest BCUT2D eigenvalue weighted by Gasteiger charge is -2.33. The molecule has 1 aromatic rings. The first-order chi connectivity index (χ1) is 7.16. The number of carbonyl (C=O) groups excluding carboxylic acids is 1. The van der Waals surface area contributed by atoms with E-state index in [9.17, 15) is 4.79 Å². The molecule has 1 aliphatic rings. The summed E-state index contributed by atoms with van der Waals surface area (Å²) in [7, 11) is 1.81. The second-order valence-corrected chi connectivity index (χ2v) is 4.71. The molecule has 4 nitrogen and oxygen atoms in total. The summed E-state index contributed by atoms with van der Waals surface area (Å²) in [5.74, 6) is 0.551. The van der Waals surface area contributed by atoms with E-state index in [0.29, 0.717) is 17.0 Å². The number of nitrogens with one attached hydrogen (secondary N) is 1. The highest BCUT2D eigenvalue weighted by atomic mass is 35.5. The molecule has 0 unspecified atom stereocenters. The van der Waals surface area contributed by atoms with Gasteiger partial charge in [-0.15, -0.1) is 11.6 Å². The predicted molar refractivity (Wildman–Crippen MR) is 57.9 cm³/mol. The van der Waals surface area contributed by atoms with Gasteiger partial charge in [-0.05, 0) is 24.8 Å². The first-order valence-corrected chi connectivity index (χ1v) is 5.49. The van der Waals surface area contributed by atoms with Gasteiger partial charge in [0.15, 0.2) is 0 Å². The summed E-state index contributed by atoms with van der Waals surface area (Å²) in [5, 5.41) is 6.74. The number of rotatable bonds is 3. The number of hydrogen-bond donors (Lipinski definition) is 1. The number of carbonyl (C=O) groups is 1. The molecule has 1 aromatic heterocycles. The lowest BCUT2D eigenvalue weighted by molar-refractivity contribution is 0.0741. The van der Waals surface area contributed by atoms with Gasteiger partial charge in [0.1, 0.15) is 5.69 Å². The highest BCUT2D eigenvalue weighted by Gasteiger charge is 2.29. The van der Waals surface area contributed by atoms with Crippen LogP contribution in [-0.4, -0.2) is 40.0 Å². The van der Waals surface area contributed by atoms with Gasteiger partial charge in [-0.3, -0.25) is 9.89 Å². The van der Waals surface area contributed by atoms with Crippen LogP contribution in [0.15, 0.2) is 12.3 Å². The van der Waals surface area contributed by atoms with Crippen LogP contribution in [0.1, 0.15) is 23.3 Å². The number of aromatic nitrogens is 2. The van der Waals surface area contributed by atoms with Crippen molar-refractivity contribution in [2.75, 3.05) is 13.6 Å². The van der Waals surface area contributed by atoms with E-state index in [1.165, 1.54) is 0 Å². The van der Waals surface area contributed by atoms with Crippen LogP contribution in [0.4, 0.5) is 0 Å². The van der Waals surface area contributed by atoms with Crippen molar-refractivity contribution in [3.63, 3.8) is 0 Å². The predicted octanol–water partition coefficient (Wildman–Crippen LogP) is 1.50. The maximum atomic E-state index is 11.8. The van der Waals surface area contributed by atoms with Gasteiger partial charge < -0.3 is 4.90 Å². The van der Waals surface area contributed by atoms with Crippen molar-refractivity contribution in [3.8, 4) is 0 Å². The van der Waals surface area contributed by atoms with Crippen LogP contribution in [0.3, 0.4) is 0 Å². The lowest BCUT2D eigenvalue weighted by atomic mass is 9.84. The van der Waals surface area contributed by atoms with Gasteiger partial charge in [0, 0.05) is 25.2 Å². The van der Waals surface area contributed by atoms with Crippen molar-refractivity contribution >= 4 is 17.5 Å². The van der Waals surface area contributed by atoms with Gasteiger partial charge >= 0.3 is 0 Å². The summed E-state index contributed by atoms with van der Waals surface area (Å²) in [6.07, 6.45) is 3.61. The first-order valence-electron chi connectivity index (χ1n) is 5.05. The topological polar surface area (TPSA) is 49.0 Å². The molecule has 5 heteroatoms. The Morgan fingerprint density at radius 1 is 1.73 bits per heavy atom. The molecule has 0 aromatic carbocycles. The molecule has 82 valence electrons. The van der Waals surface area contributed by atoms with Crippen LogP contribution in [0.25, 0.3) is 0 Å². The van der Waals surface area contributed by atoms with Crippen LogP contribution in [0.2, 0.25) is 0 Å². The van der Waals surface area contributed by atoms with Crippen molar-refractivity contribution in [2.45, 2.75) is 18.2 Å². The molecule has 0 saturated heterocycles. The van der Waals surface area contributed by atoms with E-state index in [0.717, 1.165) is 19.4 Å². The molecule has 15 heavy (non-hydrogen) atoms. The molecule has 0 aliphatic heterocycles. The Bertz CT molecular complexity index is 332. The Labute approximate surface area is 93.6 Å². The van der Waals surface area contributed by atoms with Crippen LogP contribution in [0.5, 0.6) is 0 Å². The fraction of sp³-hybridized carbons (Fsp3) is 0.600. The number of halogens is 1. The largest absolute Gasteiger partial charge is 0.340 e. The molecule has 0 radical (unpaired) electrons. The summed E-state index contributed by atoms with van der Waals surface area (Å²) >= 11 is 5.89. The van der Waals surface area contributed by atoms with E-state index < -0.39 is 0 Å². The normalized spacial score (nSPS) is 24.7. The molecule has 1 amide bonds. The van der Waals surface area contributed by atoms with Gasteiger partial charge in [0.25, 0.3) is 5.91 Å². The fourth-order valence-electron chi connectivity index (χ4n) is 1.85. The van der Waals surface area contributed by atoms with Gasteiger partial charge in [0.2, 0.25) is 0 Å². The third-order valence-corrected chi connectivity index (χ3v) is 3.14. The highest BCUT2D eigenvalue weighted by Crippen LogP contribution is 2.32. The summed E-state index contributed by atoms with van der Waals surface area (Å²) in [6, 6.07) is 1.68. The van der Waals surface area contributed by atoms with Crippen molar-refractivity contribution in [1.82, 2.24) is 15.1 Å². The van der Waals surface area contributed by atoms with E-state index in [4.69, 9.17) is 11.6 Å². The molecule has 1 fully saturated rings. The van der Waals surface area contributed by atoms with Crippen LogP contribution < -0.4 is 0 Å². The van der Waals surface area contributed by atoms with Gasteiger partial charge in [0.05, 0.1) is 0 Å². The minimum absolute atomic E-state index is 0.00878. The second-order valence-electron chi connectivity index (χ2n) is 4.09. The van der Waals surface area contributed by atoms with E-state index in [1.807, 2.05) is 7.05 Å². The SMILES string of the molecule is CN(CC1CC(Cl)C1)C(=O)c1ccn[nH]1. The van der Waals surface area contributed by atoms with Crippen LogP contribution in [0, 0.1) is 5.92 Å². The van der Waals surface area contributed by atoms with Gasteiger partial charge in [-0.25, -0.2) is 0 Å². The average molecular weight is 228 g/mol. The number of aromatic amines is 1. The first kappa shape index (κ1) is 10.5. The van der Waals surface area contributed by atoms with Crippen molar-refractivity contribution in [3.05, 3.63) is 18.0 Å². The zero-order valence-corrected chi connectivity index (χ0v) is 9.37. The number of amides is 1. The Hall–Kier alpha value is -1.03. The summed E-state index contributed by atoms with van der Waals surface area (Å²) in [4.78, 5) is 13.5. The Kier molecular flexibility index (Phi) is 2.95. The third kappa shape index (κ3) is 2.31. The van der Waals surface area contributed by atoms with E-state index in [-0.39, 0.29) is 5.91 Å². The van der Waals surface area contributed by atoms with E-state index in [1.54, 1.807) is 17.2 Å². The van der Waals surface area contributed by atoms with E-state index in [2.05, 4.69) is 10.2 Å². The summed E-state index contributed by atoms with van der Waals surface area (Å²) < 4.78 is 0. The maximum absolute atomic E-state index is 11.8. The van der Waals surface area contributed by atoms with Crippen molar-refractivity contribution in [1.29, 1.82) is 0 Å². The number of nitrogens with zero attached hydrogens (tertiary/aromatic N) is 2. The molecule has 0 bridgehead atoms. The Balaban J connectivity index is 1.86. The maximum Gasteiger partial charge on any atom is 0.271 e. The van der Waals surface area contributed by atoms with Crippen LogP contribution in [-0.2, 0) is 0 Å². The van der Waals surface area contributed by atoms with Gasteiger partial charge in [-0.1, -0.05) is 0 Å². The molecular formula is C10H14ClN3O. The zero-order chi connectivity index (χ0) is 10.8. The molecular weight excluding hydrogens is 214 g/mol. The minimum atomic E-state index is -0.00878. The molecule has 0 atom stereocenters. The second kappa shape index (κ2) is 4.23. The minimum Gasteiger partial charge on any atom is -0.340 e. The number of hydrogen-bond acceptors (Lipinski definition) is 2. The highest BCUT2D eigenvalue weighted by molar-refractivity contribution is 6.21. The molecule has 2 rings (SSSR count). The molecule has 1 N–H and O–H groups in total. The molecule has 1 aliphatic carbocycles. The lowest BCUT2D eigenvalue weighted by Crippen LogP contribution is -2.38. The smallest absolute Gasteiger partial charge is 0.271 e. The zero-order valence-electron chi connectivity index (χ0n) is 8.61. The summed E-state index contributed by atoms with van der Waals surface area (Å²) in [6.45, 7) is 0.779. The summed E-state index contributed by atoms with van der Waals surface area (Å²) in [5.41, 5.74) is 0.541. The quantitative estimate of drug-likeness (QED) is 0.796. The Morgan fingerprint density at radius 2 is 2.47 bits per heavy atom. The fourth-order valence-corrected chi connectivity index (χ4v) is 2.36. The van der Waals surface area contributed by atoms with E-state index >= 15 is 0 Å². The monoisotopic (exact) mass is 227 g/mol. The van der Waals surface area contributed by atoms with Crippen molar-refractivity contribution < 1.29 is 4.79 Å². The Morgan fingerprint density at radius 3 is 3.00 bits per heavy atom. The number of H-pyrrole nitrogens is 1. The van der Waals surface area contributed by atoms with Crippen LogP contribution >= 0.6 is 11.6 Å². The molecule has 0 spiro atoms. The molecule has 1 heterocycles. The average Bonchev–Trinajstić information content (AvgIpc) is 2.66.